The molecule has 0 fully saturated rings. The Kier molecular flexibility index (Phi) is 5.76. The van der Waals surface area contributed by atoms with Crippen molar-refractivity contribution >= 4 is 29.6 Å². The van der Waals surface area contributed by atoms with Crippen LogP contribution < -0.4 is 14.8 Å². The van der Waals surface area contributed by atoms with Gasteiger partial charge in [-0.2, -0.15) is 0 Å². The number of hydrogen-bond acceptors (Lipinski definition) is 5. The maximum atomic E-state index is 11.7. The van der Waals surface area contributed by atoms with Gasteiger partial charge in [0, 0.05) is 17.6 Å². The van der Waals surface area contributed by atoms with E-state index >= 15 is 0 Å². The summed E-state index contributed by atoms with van der Waals surface area (Å²) < 4.78 is 15.4. The first-order valence-electron chi connectivity index (χ1n) is 7.86. The van der Waals surface area contributed by atoms with Gasteiger partial charge in [0.25, 0.3) is 5.91 Å². The molecule has 7 heteroatoms. The van der Waals surface area contributed by atoms with Crippen molar-refractivity contribution in [3.63, 3.8) is 0 Å². The van der Waals surface area contributed by atoms with Crippen LogP contribution in [0.5, 0.6) is 11.5 Å². The van der Waals surface area contributed by atoms with E-state index in [1.165, 1.54) is 6.08 Å². The number of rotatable bonds is 6. The van der Waals surface area contributed by atoms with Crippen LogP contribution >= 0.6 is 11.6 Å². The van der Waals surface area contributed by atoms with E-state index in [1.54, 1.807) is 36.4 Å². The van der Waals surface area contributed by atoms with Crippen LogP contribution in [0, 0.1) is 0 Å². The minimum absolute atomic E-state index is 0.190. The van der Waals surface area contributed by atoms with Crippen molar-refractivity contribution in [1.29, 1.82) is 0 Å². The number of carbonyl (C=O) groups is 2. The molecule has 1 aliphatic rings. The van der Waals surface area contributed by atoms with Gasteiger partial charge in [-0.3, -0.25) is 4.79 Å². The lowest BCUT2D eigenvalue weighted by Gasteiger charge is -2.05. The summed E-state index contributed by atoms with van der Waals surface area (Å²) >= 11 is 5.80. The number of fused-ring (bicyclic) bond motifs is 1. The fourth-order valence-corrected chi connectivity index (χ4v) is 2.35. The highest BCUT2D eigenvalue weighted by atomic mass is 35.5. The number of esters is 1. The Labute approximate surface area is 155 Å². The van der Waals surface area contributed by atoms with Gasteiger partial charge >= 0.3 is 5.97 Å². The number of nitrogens with one attached hydrogen (secondary N) is 1. The molecular weight excluding hydrogens is 358 g/mol. The average molecular weight is 374 g/mol. The summed E-state index contributed by atoms with van der Waals surface area (Å²) in [5.41, 5.74) is 1.66. The van der Waals surface area contributed by atoms with Crippen molar-refractivity contribution in [2.24, 2.45) is 0 Å². The number of amides is 1. The van der Waals surface area contributed by atoms with Crippen LogP contribution in [0.4, 0.5) is 0 Å². The van der Waals surface area contributed by atoms with Crippen LogP contribution in [-0.4, -0.2) is 25.3 Å². The Balaban J connectivity index is 1.41. The minimum atomic E-state index is -0.607. The van der Waals surface area contributed by atoms with Gasteiger partial charge in [0.05, 0.1) is 0 Å². The Bertz CT molecular complexity index is 832. The van der Waals surface area contributed by atoms with Crippen molar-refractivity contribution in [2.45, 2.75) is 6.54 Å². The number of ether oxygens (including phenoxy) is 3. The minimum Gasteiger partial charge on any atom is -0.454 e. The predicted octanol–water partition coefficient (Wildman–Crippen LogP) is 2.94. The molecule has 0 aromatic heterocycles. The molecule has 0 unspecified atom stereocenters. The number of halogens is 1. The molecule has 1 aliphatic heterocycles. The molecular formula is C19H16ClNO5. The molecule has 2 aromatic rings. The van der Waals surface area contributed by atoms with E-state index in [0.717, 1.165) is 11.1 Å². The molecule has 0 aliphatic carbocycles. The van der Waals surface area contributed by atoms with E-state index in [1.807, 2.05) is 12.1 Å². The topological polar surface area (TPSA) is 73.9 Å². The normalized spacial score (nSPS) is 12.2. The van der Waals surface area contributed by atoms with Crippen molar-refractivity contribution in [3.05, 3.63) is 64.7 Å². The summed E-state index contributed by atoms with van der Waals surface area (Å²) in [6, 6.07) is 12.4. The molecule has 2 aromatic carbocycles. The van der Waals surface area contributed by atoms with Crippen molar-refractivity contribution in [3.8, 4) is 11.5 Å². The van der Waals surface area contributed by atoms with Gasteiger partial charge in [0.15, 0.2) is 18.1 Å². The van der Waals surface area contributed by atoms with E-state index in [4.69, 9.17) is 25.8 Å². The van der Waals surface area contributed by atoms with Crippen LogP contribution in [0.25, 0.3) is 6.08 Å². The highest BCUT2D eigenvalue weighted by molar-refractivity contribution is 6.30. The van der Waals surface area contributed by atoms with Crippen LogP contribution in [0.15, 0.2) is 48.5 Å². The Hall–Kier alpha value is -2.99. The second-order valence-electron chi connectivity index (χ2n) is 5.46. The first-order valence-corrected chi connectivity index (χ1v) is 8.23. The molecule has 0 bridgehead atoms. The lowest BCUT2D eigenvalue weighted by Crippen LogP contribution is -2.28. The zero-order valence-electron chi connectivity index (χ0n) is 13.7. The first kappa shape index (κ1) is 17.8. The summed E-state index contributed by atoms with van der Waals surface area (Å²) in [5.74, 6) is 0.304. The van der Waals surface area contributed by atoms with Gasteiger partial charge in [-0.1, -0.05) is 29.8 Å². The van der Waals surface area contributed by atoms with E-state index in [0.29, 0.717) is 23.1 Å². The molecule has 1 heterocycles. The van der Waals surface area contributed by atoms with Gasteiger partial charge in [0.1, 0.15) is 0 Å². The number of carbonyl (C=O) groups excluding carboxylic acids is 2. The third-order valence-electron chi connectivity index (χ3n) is 3.56. The SMILES string of the molecule is O=C(COC(=O)/C=C/c1ccc2c(c1)OCO2)NCc1ccc(Cl)cc1. The molecule has 0 saturated carbocycles. The Morgan fingerprint density at radius 3 is 2.69 bits per heavy atom. The van der Waals surface area contributed by atoms with Gasteiger partial charge < -0.3 is 19.5 Å². The van der Waals surface area contributed by atoms with Crippen LogP contribution in [-0.2, 0) is 20.9 Å². The number of hydrogen-bond donors (Lipinski definition) is 1. The predicted molar refractivity (Wildman–Crippen MR) is 95.9 cm³/mol. The van der Waals surface area contributed by atoms with E-state index in [9.17, 15) is 9.59 Å². The maximum Gasteiger partial charge on any atom is 0.331 e. The van der Waals surface area contributed by atoms with Gasteiger partial charge in [-0.05, 0) is 41.5 Å². The van der Waals surface area contributed by atoms with Gasteiger partial charge in [0.2, 0.25) is 6.79 Å². The molecule has 6 nitrogen and oxygen atoms in total. The molecule has 0 spiro atoms. The lowest BCUT2D eigenvalue weighted by molar-refractivity contribution is -0.143. The van der Waals surface area contributed by atoms with Crippen molar-refractivity contribution in [1.82, 2.24) is 5.32 Å². The summed E-state index contributed by atoms with van der Waals surface area (Å²) in [6.45, 7) is 0.175. The Morgan fingerprint density at radius 1 is 1.12 bits per heavy atom. The zero-order chi connectivity index (χ0) is 18.4. The summed E-state index contributed by atoms with van der Waals surface area (Å²) in [6.07, 6.45) is 2.83. The largest absolute Gasteiger partial charge is 0.454 e. The standard InChI is InChI=1S/C19H16ClNO5/c20-15-5-1-14(2-6-15)10-21-18(22)11-24-19(23)8-4-13-3-7-16-17(9-13)26-12-25-16/h1-9H,10-12H2,(H,21,22)/b8-4+. The van der Waals surface area contributed by atoms with Crippen LogP contribution in [0.3, 0.4) is 0 Å². The van der Waals surface area contributed by atoms with E-state index in [2.05, 4.69) is 5.32 Å². The summed E-state index contributed by atoms with van der Waals surface area (Å²) in [5, 5.41) is 3.29. The highest BCUT2D eigenvalue weighted by Crippen LogP contribution is 2.32. The third kappa shape index (κ3) is 5.00. The fraction of sp³-hybridized carbons (Fsp3) is 0.158. The quantitative estimate of drug-likeness (QED) is 0.622. The zero-order valence-corrected chi connectivity index (χ0v) is 14.5. The van der Waals surface area contributed by atoms with E-state index in [-0.39, 0.29) is 19.3 Å². The molecule has 3 rings (SSSR count). The summed E-state index contributed by atoms with van der Waals surface area (Å²) in [4.78, 5) is 23.4. The molecule has 0 atom stereocenters. The second-order valence-corrected chi connectivity index (χ2v) is 5.89. The van der Waals surface area contributed by atoms with Crippen LogP contribution in [0.1, 0.15) is 11.1 Å². The first-order chi connectivity index (χ1) is 12.6. The van der Waals surface area contributed by atoms with Crippen molar-refractivity contribution in [2.75, 3.05) is 13.4 Å². The second kappa shape index (κ2) is 8.40. The molecule has 0 radical (unpaired) electrons. The molecule has 1 amide bonds. The van der Waals surface area contributed by atoms with Gasteiger partial charge in [-0.25, -0.2) is 4.79 Å². The third-order valence-corrected chi connectivity index (χ3v) is 3.81. The Morgan fingerprint density at radius 2 is 1.88 bits per heavy atom. The molecule has 0 saturated heterocycles. The van der Waals surface area contributed by atoms with E-state index < -0.39 is 5.97 Å². The highest BCUT2D eigenvalue weighted by Gasteiger charge is 2.12. The smallest absolute Gasteiger partial charge is 0.331 e. The molecule has 1 N–H and O–H groups in total. The van der Waals surface area contributed by atoms with Crippen molar-refractivity contribution < 1.29 is 23.8 Å². The fourth-order valence-electron chi connectivity index (χ4n) is 2.22. The molecule has 134 valence electrons. The van der Waals surface area contributed by atoms with Gasteiger partial charge in [-0.15, -0.1) is 0 Å². The van der Waals surface area contributed by atoms with Crippen LogP contribution in [0.2, 0.25) is 5.02 Å². The number of benzene rings is 2. The summed E-state index contributed by atoms with van der Waals surface area (Å²) in [7, 11) is 0. The lowest BCUT2D eigenvalue weighted by atomic mass is 10.2. The maximum absolute atomic E-state index is 11.7. The molecule has 26 heavy (non-hydrogen) atoms. The average Bonchev–Trinajstić information content (AvgIpc) is 3.12. The monoisotopic (exact) mass is 373 g/mol.